The SMILES string of the molecule is CCCN(CC(=O)N(CCc1ccc(OC)c(OC)c1)Cc1ccc(C)s1)C(=O)Nc1c(C)cccc1C. The van der Waals surface area contributed by atoms with E-state index < -0.39 is 0 Å². The zero-order chi connectivity index (χ0) is 27.7. The molecule has 0 spiro atoms. The summed E-state index contributed by atoms with van der Waals surface area (Å²) in [5, 5.41) is 3.03. The molecule has 0 saturated heterocycles. The van der Waals surface area contributed by atoms with E-state index in [1.54, 1.807) is 30.5 Å². The molecule has 1 aromatic heterocycles. The molecule has 0 unspecified atom stereocenters. The summed E-state index contributed by atoms with van der Waals surface area (Å²) in [6.45, 7) is 9.53. The Hall–Kier alpha value is -3.52. The van der Waals surface area contributed by atoms with Crippen LogP contribution in [0.15, 0.2) is 48.5 Å². The van der Waals surface area contributed by atoms with E-state index in [4.69, 9.17) is 9.47 Å². The summed E-state index contributed by atoms with van der Waals surface area (Å²) in [6.07, 6.45) is 1.40. The van der Waals surface area contributed by atoms with Crippen molar-refractivity contribution in [1.29, 1.82) is 0 Å². The van der Waals surface area contributed by atoms with Crippen LogP contribution in [0.1, 0.15) is 39.8 Å². The van der Waals surface area contributed by atoms with Gasteiger partial charge in [-0.05, 0) is 74.6 Å². The van der Waals surface area contributed by atoms with E-state index in [0.29, 0.717) is 37.6 Å². The van der Waals surface area contributed by atoms with E-state index in [0.717, 1.165) is 33.7 Å². The Kier molecular flexibility index (Phi) is 10.6. The van der Waals surface area contributed by atoms with Crippen LogP contribution in [0.25, 0.3) is 0 Å². The van der Waals surface area contributed by atoms with Crippen molar-refractivity contribution >= 4 is 29.0 Å². The van der Waals surface area contributed by atoms with Gasteiger partial charge in [0.1, 0.15) is 6.54 Å². The lowest BCUT2D eigenvalue weighted by molar-refractivity contribution is -0.132. The number of carbonyl (C=O) groups is 2. The Labute approximate surface area is 230 Å². The summed E-state index contributed by atoms with van der Waals surface area (Å²) in [5.74, 6) is 1.25. The minimum atomic E-state index is -0.260. The zero-order valence-electron chi connectivity index (χ0n) is 23.3. The molecule has 3 amide bonds. The van der Waals surface area contributed by atoms with Crippen molar-refractivity contribution < 1.29 is 19.1 Å². The Morgan fingerprint density at radius 1 is 0.895 bits per heavy atom. The number of hydrogen-bond donors (Lipinski definition) is 1. The number of ether oxygens (including phenoxy) is 2. The smallest absolute Gasteiger partial charge is 0.322 e. The van der Waals surface area contributed by atoms with Crippen LogP contribution in [0.2, 0.25) is 0 Å². The molecule has 2 aromatic carbocycles. The number of methoxy groups -OCH3 is 2. The summed E-state index contributed by atoms with van der Waals surface area (Å²) in [4.78, 5) is 32.7. The van der Waals surface area contributed by atoms with Gasteiger partial charge in [0.15, 0.2) is 11.5 Å². The molecule has 3 aromatic rings. The van der Waals surface area contributed by atoms with Gasteiger partial charge in [0.05, 0.1) is 20.8 Å². The van der Waals surface area contributed by atoms with Crippen molar-refractivity contribution in [2.75, 3.05) is 39.2 Å². The van der Waals surface area contributed by atoms with E-state index in [1.807, 2.05) is 62.1 Å². The molecule has 0 aliphatic carbocycles. The van der Waals surface area contributed by atoms with Crippen LogP contribution in [0.4, 0.5) is 10.5 Å². The predicted molar refractivity (Wildman–Crippen MR) is 155 cm³/mol. The van der Waals surface area contributed by atoms with Gasteiger partial charge < -0.3 is 24.6 Å². The Balaban J connectivity index is 1.76. The average Bonchev–Trinajstić information content (AvgIpc) is 3.32. The van der Waals surface area contributed by atoms with Crippen molar-refractivity contribution in [1.82, 2.24) is 9.80 Å². The number of para-hydroxylation sites is 1. The molecule has 0 aliphatic rings. The van der Waals surface area contributed by atoms with E-state index >= 15 is 0 Å². The van der Waals surface area contributed by atoms with Crippen LogP contribution in [-0.4, -0.2) is 55.6 Å². The number of thiophene rings is 1. The second-order valence-electron chi connectivity index (χ2n) is 9.39. The molecular weight excluding hydrogens is 498 g/mol. The van der Waals surface area contributed by atoms with Gasteiger partial charge in [-0.2, -0.15) is 0 Å². The van der Waals surface area contributed by atoms with Crippen molar-refractivity contribution in [3.05, 3.63) is 75.0 Å². The molecule has 1 heterocycles. The normalized spacial score (nSPS) is 10.7. The van der Waals surface area contributed by atoms with Gasteiger partial charge in [-0.3, -0.25) is 4.79 Å². The van der Waals surface area contributed by atoms with Crippen LogP contribution in [0, 0.1) is 20.8 Å². The topological polar surface area (TPSA) is 71.1 Å². The number of aryl methyl sites for hydroxylation is 3. The van der Waals surface area contributed by atoms with Gasteiger partial charge in [-0.15, -0.1) is 11.3 Å². The van der Waals surface area contributed by atoms with Gasteiger partial charge in [0.2, 0.25) is 5.91 Å². The number of nitrogens with zero attached hydrogens (tertiary/aromatic N) is 2. The van der Waals surface area contributed by atoms with E-state index in [1.165, 1.54) is 4.88 Å². The summed E-state index contributed by atoms with van der Waals surface area (Å²) in [6, 6.07) is 15.6. The molecule has 0 fully saturated rings. The molecule has 0 aliphatic heterocycles. The Bertz CT molecular complexity index is 1220. The summed E-state index contributed by atoms with van der Waals surface area (Å²) in [7, 11) is 3.22. The number of benzene rings is 2. The number of rotatable bonds is 12. The molecule has 204 valence electrons. The maximum absolute atomic E-state index is 13.6. The monoisotopic (exact) mass is 537 g/mol. The molecule has 0 bridgehead atoms. The van der Waals surface area contributed by atoms with Gasteiger partial charge in [-0.25, -0.2) is 4.79 Å². The van der Waals surface area contributed by atoms with E-state index in [2.05, 4.69) is 24.4 Å². The van der Waals surface area contributed by atoms with Crippen LogP contribution in [0.3, 0.4) is 0 Å². The molecule has 1 N–H and O–H groups in total. The van der Waals surface area contributed by atoms with Crippen LogP contribution in [0.5, 0.6) is 11.5 Å². The van der Waals surface area contributed by atoms with Crippen molar-refractivity contribution in [3.63, 3.8) is 0 Å². The molecule has 8 heteroatoms. The lowest BCUT2D eigenvalue weighted by Crippen LogP contribution is -2.45. The molecule has 7 nitrogen and oxygen atoms in total. The van der Waals surface area contributed by atoms with E-state index in [-0.39, 0.29) is 18.5 Å². The first kappa shape index (κ1) is 29.0. The Morgan fingerprint density at radius 2 is 1.61 bits per heavy atom. The fourth-order valence-corrected chi connectivity index (χ4v) is 5.24. The second kappa shape index (κ2) is 13.9. The summed E-state index contributed by atoms with van der Waals surface area (Å²) in [5.41, 5.74) is 3.82. The predicted octanol–water partition coefficient (Wildman–Crippen LogP) is 6.21. The number of anilines is 1. The summed E-state index contributed by atoms with van der Waals surface area (Å²) < 4.78 is 10.8. The number of hydrogen-bond acceptors (Lipinski definition) is 5. The molecular formula is C30H39N3O4S. The Morgan fingerprint density at radius 3 is 2.21 bits per heavy atom. The zero-order valence-corrected chi connectivity index (χ0v) is 24.1. The highest BCUT2D eigenvalue weighted by atomic mass is 32.1. The van der Waals surface area contributed by atoms with Crippen molar-refractivity contribution in [2.45, 2.75) is 47.1 Å². The molecule has 38 heavy (non-hydrogen) atoms. The number of amides is 3. The molecule has 0 saturated carbocycles. The van der Waals surface area contributed by atoms with Crippen LogP contribution < -0.4 is 14.8 Å². The molecule has 3 rings (SSSR count). The highest BCUT2D eigenvalue weighted by Gasteiger charge is 2.22. The highest BCUT2D eigenvalue weighted by Crippen LogP contribution is 2.28. The fourth-order valence-electron chi connectivity index (χ4n) is 4.33. The first-order chi connectivity index (χ1) is 18.2. The van der Waals surface area contributed by atoms with Gasteiger partial charge in [-0.1, -0.05) is 31.2 Å². The third kappa shape index (κ3) is 7.74. The van der Waals surface area contributed by atoms with Gasteiger partial charge >= 0.3 is 6.03 Å². The average molecular weight is 538 g/mol. The standard InChI is InChI=1S/C30H39N3O4S/c1-7-16-33(30(35)31-29-21(2)9-8-10-22(29)3)20-28(34)32(19-25-13-11-23(4)38-25)17-15-24-12-14-26(36-5)27(18-24)37-6/h8-14,18H,7,15-17,19-20H2,1-6H3,(H,31,35). The minimum absolute atomic E-state index is 0.0148. The van der Waals surface area contributed by atoms with Crippen molar-refractivity contribution in [2.24, 2.45) is 0 Å². The summed E-state index contributed by atoms with van der Waals surface area (Å²) >= 11 is 1.68. The third-order valence-corrected chi connectivity index (χ3v) is 7.42. The minimum Gasteiger partial charge on any atom is -0.493 e. The van der Waals surface area contributed by atoms with E-state index in [9.17, 15) is 9.59 Å². The molecule has 0 atom stereocenters. The lowest BCUT2D eigenvalue weighted by Gasteiger charge is -2.28. The number of nitrogens with one attached hydrogen (secondary N) is 1. The highest BCUT2D eigenvalue weighted by molar-refractivity contribution is 7.11. The van der Waals surface area contributed by atoms with Gasteiger partial charge in [0.25, 0.3) is 0 Å². The van der Waals surface area contributed by atoms with Crippen molar-refractivity contribution in [3.8, 4) is 11.5 Å². The van der Waals surface area contributed by atoms with Gasteiger partial charge in [0, 0.05) is 28.5 Å². The lowest BCUT2D eigenvalue weighted by atomic mass is 10.1. The largest absolute Gasteiger partial charge is 0.493 e. The first-order valence-corrected chi connectivity index (χ1v) is 13.7. The number of urea groups is 1. The van der Waals surface area contributed by atoms with Crippen LogP contribution >= 0.6 is 11.3 Å². The maximum atomic E-state index is 13.6. The third-order valence-electron chi connectivity index (χ3n) is 6.43. The fraction of sp³-hybridized carbons (Fsp3) is 0.400. The first-order valence-electron chi connectivity index (χ1n) is 12.9. The number of carbonyl (C=O) groups excluding carboxylic acids is 2. The second-order valence-corrected chi connectivity index (χ2v) is 10.8. The maximum Gasteiger partial charge on any atom is 0.322 e. The quantitative estimate of drug-likeness (QED) is 0.298. The van der Waals surface area contributed by atoms with Crippen LogP contribution in [-0.2, 0) is 17.8 Å². The molecule has 0 radical (unpaired) electrons.